The number of aromatic nitrogens is 1. The van der Waals surface area contributed by atoms with Crippen molar-refractivity contribution in [2.45, 2.75) is 89.9 Å². The number of rotatable bonds is 7. The minimum atomic E-state index is -0.605. The number of ether oxygens (including phenoxy) is 1. The number of aliphatic hydroxyl groups is 1. The Bertz CT molecular complexity index is 536. The Kier molecular flexibility index (Phi) is 7.88. The molecule has 1 aliphatic carbocycles. The van der Waals surface area contributed by atoms with Gasteiger partial charge in [-0.2, -0.15) is 0 Å². The van der Waals surface area contributed by atoms with Gasteiger partial charge < -0.3 is 15.2 Å². The predicted octanol–water partition coefficient (Wildman–Crippen LogP) is 4.24. The molecule has 2 N–H and O–H groups in total. The third kappa shape index (κ3) is 7.73. The van der Waals surface area contributed by atoms with E-state index in [1.807, 2.05) is 39.0 Å². The van der Waals surface area contributed by atoms with E-state index in [0.717, 1.165) is 12.1 Å². The van der Waals surface area contributed by atoms with Crippen LogP contribution in [0.4, 0.5) is 4.79 Å². The molecule has 0 radical (unpaired) electrons. The first-order valence-corrected chi connectivity index (χ1v) is 9.91. The van der Waals surface area contributed by atoms with E-state index in [0.29, 0.717) is 18.8 Å². The predicted molar refractivity (Wildman–Crippen MR) is 103 cm³/mol. The minimum Gasteiger partial charge on any atom is -0.444 e. The van der Waals surface area contributed by atoms with Gasteiger partial charge in [0.1, 0.15) is 5.60 Å². The highest BCUT2D eigenvalue weighted by Crippen LogP contribution is 2.28. The maximum atomic E-state index is 12.2. The fourth-order valence-corrected chi connectivity index (χ4v) is 3.60. The van der Waals surface area contributed by atoms with E-state index < -0.39 is 17.8 Å². The molecule has 0 spiro atoms. The summed E-state index contributed by atoms with van der Waals surface area (Å²) in [6.07, 6.45) is 8.93. The molecule has 1 aromatic heterocycles. The molecule has 1 aromatic rings. The average molecular weight is 363 g/mol. The van der Waals surface area contributed by atoms with E-state index >= 15 is 0 Å². The SMILES string of the molecule is CC(C)(C)OC(=O)N[C@@H](CC1CCCCC1)[C@H](O)CCc1ccccn1. The number of carbonyl (C=O) groups is 1. The molecule has 0 aliphatic heterocycles. The maximum Gasteiger partial charge on any atom is 0.407 e. The zero-order chi connectivity index (χ0) is 19.0. The molecule has 1 aliphatic rings. The van der Waals surface area contributed by atoms with Gasteiger partial charge in [-0.25, -0.2) is 4.79 Å². The summed E-state index contributed by atoms with van der Waals surface area (Å²) >= 11 is 0. The molecule has 1 heterocycles. The molecular weight excluding hydrogens is 328 g/mol. The van der Waals surface area contributed by atoms with Crippen LogP contribution in [0.5, 0.6) is 0 Å². The van der Waals surface area contributed by atoms with Crippen molar-refractivity contribution in [3.63, 3.8) is 0 Å². The van der Waals surface area contributed by atoms with Gasteiger partial charge in [0.05, 0.1) is 12.1 Å². The third-order valence-corrected chi connectivity index (χ3v) is 4.90. The van der Waals surface area contributed by atoms with Gasteiger partial charge in [0.25, 0.3) is 0 Å². The van der Waals surface area contributed by atoms with Crippen LogP contribution in [0.3, 0.4) is 0 Å². The number of aliphatic hydroxyl groups excluding tert-OH is 1. The lowest BCUT2D eigenvalue weighted by molar-refractivity contribution is 0.0381. The second-order valence-corrected chi connectivity index (χ2v) is 8.42. The van der Waals surface area contributed by atoms with Crippen LogP contribution < -0.4 is 5.32 Å². The summed E-state index contributed by atoms with van der Waals surface area (Å²) in [5.41, 5.74) is 0.415. The van der Waals surface area contributed by atoms with Crippen LogP contribution in [0.15, 0.2) is 24.4 Å². The van der Waals surface area contributed by atoms with E-state index in [9.17, 15) is 9.90 Å². The van der Waals surface area contributed by atoms with E-state index in [4.69, 9.17) is 4.74 Å². The number of alkyl carbamates (subject to hydrolysis) is 1. The number of nitrogens with one attached hydrogen (secondary N) is 1. The van der Waals surface area contributed by atoms with Gasteiger partial charge in [-0.05, 0) is 58.1 Å². The summed E-state index contributed by atoms with van der Waals surface area (Å²) < 4.78 is 5.40. The van der Waals surface area contributed by atoms with Crippen molar-refractivity contribution in [2.75, 3.05) is 0 Å². The van der Waals surface area contributed by atoms with Crippen molar-refractivity contribution in [1.29, 1.82) is 0 Å². The number of pyridine rings is 1. The summed E-state index contributed by atoms with van der Waals surface area (Å²) in [6, 6.07) is 5.52. The molecule has 0 bridgehead atoms. The lowest BCUT2D eigenvalue weighted by Gasteiger charge is -2.31. The highest BCUT2D eigenvalue weighted by Gasteiger charge is 2.28. The number of hydrogen-bond donors (Lipinski definition) is 2. The second-order valence-electron chi connectivity index (χ2n) is 8.42. The van der Waals surface area contributed by atoms with Crippen molar-refractivity contribution >= 4 is 6.09 Å². The van der Waals surface area contributed by atoms with Crippen LogP contribution in [-0.4, -0.2) is 33.9 Å². The van der Waals surface area contributed by atoms with Gasteiger partial charge in [0.15, 0.2) is 0 Å². The van der Waals surface area contributed by atoms with Gasteiger partial charge in [-0.3, -0.25) is 4.98 Å². The van der Waals surface area contributed by atoms with Crippen LogP contribution in [0.2, 0.25) is 0 Å². The number of amides is 1. The van der Waals surface area contributed by atoms with Gasteiger partial charge >= 0.3 is 6.09 Å². The fraction of sp³-hybridized carbons (Fsp3) is 0.714. The van der Waals surface area contributed by atoms with Crippen molar-refractivity contribution in [1.82, 2.24) is 10.3 Å². The monoisotopic (exact) mass is 362 g/mol. The molecule has 5 nitrogen and oxygen atoms in total. The van der Waals surface area contributed by atoms with Crippen LogP contribution in [0.25, 0.3) is 0 Å². The summed E-state index contributed by atoms with van der Waals surface area (Å²) in [4.78, 5) is 16.5. The van der Waals surface area contributed by atoms with E-state index in [1.54, 1.807) is 6.20 Å². The summed E-state index contributed by atoms with van der Waals surface area (Å²) in [7, 11) is 0. The first-order chi connectivity index (χ1) is 12.3. The Morgan fingerprint density at radius 2 is 2.04 bits per heavy atom. The Labute approximate surface area is 157 Å². The van der Waals surface area contributed by atoms with Crippen molar-refractivity contribution in [3.05, 3.63) is 30.1 Å². The Hall–Kier alpha value is -1.62. The summed E-state index contributed by atoms with van der Waals surface area (Å²) in [5, 5.41) is 13.7. The molecule has 1 saturated carbocycles. The molecule has 146 valence electrons. The Morgan fingerprint density at radius 1 is 1.31 bits per heavy atom. The smallest absolute Gasteiger partial charge is 0.407 e. The quantitative estimate of drug-likeness (QED) is 0.761. The number of aryl methyl sites for hydroxylation is 1. The lowest BCUT2D eigenvalue weighted by atomic mass is 9.83. The standard InChI is InChI=1S/C21H34N2O3/c1-21(2,3)26-20(25)23-18(15-16-9-5-4-6-10-16)19(24)13-12-17-11-7-8-14-22-17/h7-8,11,14,16,18-19,24H,4-6,9-10,12-13,15H2,1-3H3,(H,23,25)/t18-,19+/m0/s1. The molecule has 0 unspecified atom stereocenters. The lowest BCUT2D eigenvalue weighted by Crippen LogP contribution is -2.46. The van der Waals surface area contributed by atoms with Crippen LogP contribution in [0, 0.1) is 5.92 Å². The number of hydrogen-bond acceptors (Lipinski definition) is 4. The molecular formula is C21H34N2O3. The molecule has 0 saturated heterocycles. The van der Waals surface area contributed by atoms with E-state index in [-0.39, 0.29) is 6.04 Å². The highest BCUT2D eigenvalue weighted by molar-refractivity contribution is 5.68. The van der Waals surface area contributed by atoms with Gasteiger partial charge in [0, 0.05) is 11.9 Å². The molecule has 0 aromatic carbocycles. The van der Waals surface area contributed by atoms with Gasteiger partial charge in [-0.15, -0.1) is 0 Å². The van der Waals surface area contributed by atoms with Crippen molar-refractivity contribution in [2.24, 2.45) is 5.92 Å². The van der Waals surface area contributed by atoms with Gasteiger partial charge in [0.2, 0.25) is 0 Å². The largest absolute Gasteiger partial charge is 0.444 e. The van der Waals surface area contributed by atoms with E-state index in [1.165, 1.54) is 32.1 Å². The zero-order valence-corrected chi connectivity index (χ0v) is 16.4. The average Bonchev–Trinajstić information content (AvgIpc) is 2.59. The highest BCUT2D eigenvalue weighted by atomic mass is 16.6. The normalized spacial score (nSPS) is 18.2. The molecule has 26 heavy (non-hydrogen) atoms. The summed E-state index contributed by atoms with van der Waals surface area (Å²) in [5.74, 6) is 0.563. The molecule has 2 atom stereocenters. The fourth-order valence-electron chi connectivity index (χ4n) is 3.60. The van der Waals surface area contributed by atoms with Crippen LogP contribution in [0.1, 0.15) is 71.4 Å². The van der Waals surface area contributed by atoms with Crippen LogP contribution >= 0.6 is 0 Å². The van der Waals surface area contributed by atoms with Gasteiger partial charge in [-0.1, -0.05) is 38.2 Å². The minimum absolute atomic E-state index is 0.281. The molecule has 1 amide bonds. The van der Waals surface area contributed by atoms with Crippen LogP contribution in [-0.2, 0) is 11.2 Å². The summed E-state index contributed by atoms with van der Waals surface area (Å²) in [6.45, 7) is 5.54. The molecule has 1 fully saturated rings. The molecule has 2 rings (SSSR count). The number of carbonyl (C=O) groups excluding carboxylic acids is 1. The Balaban J connectivity index is 1.94. The maximum absolute atomic E-state index is 12.2. The number of nitrogens with zero attached hydrogens (tertiary/aromatic N) is 1. The van der Waals surface area contributed by atoms with Crippen molar-refractivity contribution in [3.8, 4) is 0 Å². The third-order valence-electron chi connectivity index (χ3n) is 4.90. The first kappa shape index (κ1) is 20.7. The molecule has 5 heteroatoms. The Morgan fingerprint density at radius 3 is 2.65 bits per heavy atom. The second kappa shape index (κ2) is 9.91. The van der Waals surface area contributed by atoms with E-state index in [2.05, 4.69) is 10.3 Å². The van der Waals surface area contributed by atoms with Crippen molar-refractivity contribution < 1.29 is 14.6 Å². The first-order valence-electron chi connectivity index (χ1n) is 9.91. The topological polar surface area (TPSA) is 71.5 Å². The zero-order valence-electron chi connectivity index (χ0n) is 16.4.